The molecule has 0 radical (unpaired) electrons. The van der Waals surface area contributed by atoms with Crippen molar-refractivity contribution in [2.75, 3.05) is 13.7 Å². The Morgan fingerprint density at radius 1 is 1.22 bits per heavy atom. The van der Waals surface area contributed by atoms with E-state index in [0.29, 0.717) is 26.9 Å². The lowest BCUT2D eigenvalue weighted by molar-refractivity contribution is -0.120. The van der Waals surface area contributed by atoms with Crippen LogP contribution in [0.25, 0.3) is 10.9 Å². The van der Waals surface area contributed by atoms with Crippen LogP contribution >= 0.6 is 31.9 Å². The van der Waals surface area contributed by atoms with Gasteiger partial charge >= 0.3 is 5.91 Å². The smallest absolute Gasteiger partial charge is 0.302 e. The number of nitrogens with one attached hydrogen (secondary N) is 1. The maximum atomic E-state index is 12.0. The summed E-state index contributed by atoms with van der Waals surface area (Å²) in [6.45, 7) is 1.63. The number of hydrogen-bond acceptors (Lipinski definition) is 5. The summed E-state index contributed by atoms with van der Waals surface area (Å²) in [5, 5.41) is 18.3. The number of hydrogen-bond donors (Lipinski definition) is 2. The number of carbonyl (C=O) groups excluding carboxylic acids is 1. The monoisotopic (exact) mass is 495 g/mol. The standard InChI is InChI=1S/C18H15Br2N3O4/c1-9-5-11-16(13(20)6-9)21-18(25)17(11)23-22-15(24)8-27-14-4-3-10(26-2)7-12(14)19/h3-7,21,25H,8H2,1-2H3. The predicted octanol–water partition coefficient (Wildman–Crippen LogP) is 5.40. The van der Waals surface area contributed by atoms with E-state index in [-0.39, 0.29) is 18.2 Å². The largest absolute Gasteiger partial charge is 0.497 e. The molecule has 1 aromatic heterocycles. The molecular formula is C18H15Br2N3O4. The Hall–Kier alpha value is -2.39. The van der Waals surface area contributed by atoms with Gasteiger partial charge in [0.2, 0.25) is 5.88 Å². The van der Waals surface area contributed by atoms with E-state index in [2.05, 4.69) is 47.1 Å². The van der Waals surface area contributed by atoms with Crippen molar-refractivity contribution >= 4 is 54.4 Å². The fourth-order valence-corrected chi connectivity index (χ4v) is 3.61. The summed E-state index contributed by atoms with van der Waals surface area (Å²) in [5.74, 6) is 0.398. The van der Waals surface area contributed by atoms with E-state index in [1.54, 1.807) is 25.3 Å². The molecule has 0 aliphatic carbocycles. The van der Waals surface area contributed by atoms with Crippen LogP contribution in [0.3, 0.4) is 0 Å². The van der Waals surface area contributed by atoms with E-state index in [1.165, 1.54) is 0 Å². The second-order valence-electron chi connectivity index (χ2n) is 5.67. The van der Waals surface area contributed by atoms with Crippen molar-refractivity contribution < 1.29 is 19.4 Å². The fourth-order valence-electron chi connectivity index (χ4n) is 2.46. The minimum Gasteiger partial charge on any atom is -0.497 e. The van der Waals surface area contributed by atoms with Gasteiger partial charge in [0.05, 0.1) is 17.1 Å². The van der Waals surface area contributed by atoms with Crippen LogP contribution in [0.5, 0.6) is 17.4 Å². The van der Waals surface area contributed by atoms with Crippen LogP contribution in [0, 0.1) is 6.92 Å². The van der Waals surface area contributed by atoms with Crippen LogP contribution < -0.4 is 9.47 Å². The molecular weight excluding hydrogens is 482 g/mol. The highest BCUT2D eigenvalue weighted by atomic mass is 79.9. The average Bonchev–Trinajstić information content (AvgIpc) is 2.94. The number of rotatable bonds is 5. The Morgan fingerprint density at radius 2 is 2.00 bits per heavy atom. The third kappa shape index (κ3) is 4.30. The molecule has 9 heteroatoms. The zero-order valence-electron chi connectivity index (χ0n) is 14.4. The Balaban J connectivity index is 1.74. The number of benzene rings is 2. The molecule has 1 heterocycles. The summed E-state index contributed by atoms with van der Waals surface area (Å²) in [7, 11) is 1.56. The quantitative estimate of drug-likeness (QED) is 0.462. The van der Waals surface area contributed by atoms with Crippen molar-refractivity contribution in [3.8, 4) is 17.4 Å². The number of azo groups is 1. The molecule has 3 rings (SSSR count). The van der Waals surface area contributed by atoms with Crippen molar-refractivity contribution in [3.63, 3.8) is 0 Å². The van der Waals surface area contributed by atoms with E-state index in [1.807, 2.05) is 19.1 Å². The molecule has 0 aliphatic rings. The van der Waals surface area contributed by atoms with Gasteiger partial charge < -0.3 is 19.6 Å². The number of carbonyl (C=O) groups is 1. The third-order valence-electron chi connectivity index (χ3n) is 3.71. The third-order valence-corrected chi connectivity index (χ3v) is 4.95. The molecule has 3 aromatic rings. The molecule has 0 unspecified atom stereocenters. The van der Waals surface area contributed by atoms with Gasteiger partial charge in [0, 0.05) is 9.86 Å². The van der Waals surface area contributed by atoms with Crippen molar-refractivity contribution in [1.82, 2.24) is 4.98 Å². The summed E-state index contributed by atoms with van der Waals surface area (Å²) in [5.41, 5.74) is 1.86. The molecule has 0 bridgehead atoms. The van der Waals surface area contributed by atoms with Crippen molar-refractivity contribution in [2.45, 2.75) is 6.92 Å². The minimum absolute atomic E-state index is 0.160. The normalized spacial score (nSPS) is 11.3. The lowest BCUT2D eigenvalue weighted by Gasteiger charge is -2.07. The fraction of sp³-hybridized carbons (Fsp3) is 0.167. The molecule has 7 nitrogen and oxygen atoms in total. The van der Waals surface area contributed by atoms with Gasteiger partial charge in [-0.1, -0.05) is 0 Å². The van der Waals surface area contributed by atoms with E-state index in [4.69, 9.17) is 9.47 Å². The van der Waals surface area contributed by atoms with E-state index >= 15 is 0 Å². The van der Waals surface area contributed by atoms with E-state index in [9.17, 15) is 9.90 Å². The van der Waals surface area contributed by atoms with Crippen molar-refractivity contribution in [3.05, 3.63) is 44.8 Å². The van der Waals surface area contributed by atoms with Gasteiger partial charge in [-0.05, 0) is 74.7 Å². The SMILES string of the molecule is COc1ccc(OCC(=O)N=Nc2c(O)[nH]c3c(Br)cc(C)cc23)c(Br)c1. The summed E-state index contributed by atoms with van der Waals surface area (Å²) in [4.78, 5) is 14.8. The van der Waals surface area contributed by atoms with Crippen molar-refractivity contribution in [1.29, 1.82) is 0 Å². The zero-order valence-corrected chi connectivity index (χ0v) is 17.6. The molecule has 0 saturated heterocycles. The van der Waals surface area contributed by atoms with Gasteiger partial charge in [0.25, 0.3) is 0 Å². The molecule has 1 amide bonds. The molecule has 0 atom stereocenters. The number of amides is 1. The molecule has 27 heavy (non-hydrogen) atoms. The summed E-state index contributed by atoms with van der Waals surface area (Å²) >= 11 is 6.77. The molecule has 0 fully saturated rings. The van der Waals surface area contributed by atoms with Gasteiger partial charge in [-0.2, -0.15) is 0 Å². The number of fused-ring (bicyclic) bond motifs is 1. The number of aryl methyl sites for hydroxylation is 1. The number of H-pyrrole nitrogens is 1. The number of nitrogens with zero attached hydrogens (tertiary/aromatic N) is 2. The average molecular weight is 497 g/mol. The summed E-state index contributed by atoms with van der Waals surface area (Å²) in [6, 6.07) is 8.88. The lowest BCUT2D eigenvalue weighted by Crippen LogP contribution is -2.08. The highest BCUT2D eigenvalue weighted by Gasteiger charge is 2.14. The number of aromatic amines is 1. The Bertz CT molecular complexity index is 1050. The van der Waals surface area contributed by atoms with Crippen LogP contribution in [0.4, 0.5) is 5.69 Å². The number of ether oxygens (including phenoxy) is 2. The van der Waals surface area contributed by atoms with Gasteiger partial charge in [-0.3, -0.25) is 4.79 Å². The molecule has 140 valence electrons. The first-order chi connectivity index (χ1) is 12.9. The summed E-state index contributed by atoms with van der Waals surface area (Å²) < 4.78 is 12.0. The second kappa shape index (κ2) is 8.10. The van der Waals surface area contributed by atoms with Crippen LogP contribution in [0.2, 0.25) is 0 Å². The topological polar surface area (TPSA) is 96.3 Å². The van der Waals surface area contributed by atoms with Gasteiger partial charge in [-0.15, -0.1) is 10.2 Å². The predicted molar refractivity (Wildman–Crippen MR) is 108 cm³/mol. The maximum absolute atomic E-state index is 12.0. The van der Waals surface area contributed by atoms with Gasteiger partial charge in [0.1, 0.15) is 11.5 Å². The van der Waals surface area contributed by atoms with E-state index in [0.717, 1.165) is 10.0 Å². The number of halogens is 2. The second-order valence-corrected chi connectivity index (χ2v) is 7.38. The number of aromatic hydroxyl groups is 1. The van der Waals surface area contributed by atoms with Crippen LogP contribution in [0.15, 0.2) is 49.5 Å². The Morgan fingerprint density at radius 3 is 2.70 bits per heavy atom. The molecule has 0 aliphatic heterocycles. The van der Waals surface area contributed by atoms with Crippen LogP contribution in [0.1, 0.15) is 5.56 Å². The number of methoxy groups -OCH3 is 1. The van der Waals surface area contributed by atoms with Gasteiger partial charge in [-0.25, -0.2) is 0 Å². The highest BCUT2D eigenvalue weighted by Crippen LogP contribution is 2.39. The minimum atomic E-state index is -0.585. The first kappa shape index (κ1) is 19.4. The van der Waals surface area contributed by atoms with Crippen molar-refractivity contribution in [2.24, 2.45) is 10.2 Å². The van der Waals surface area contributed by atoms with Gasteiger partial charge in [0.15, 0.2) is 12.3 Å². The Labute approximate surface area is 171 Å². The first-order valence-corrected chi connectivity index (χ1v) is 9.39. The molecule has 0 spiro atoms. The molecule has 0 saturated carbocycles. The first-order valence-electron chi connectivity index (χ1n) is 7.80. The molecule has 2 aromatic carbocycles. The highest BCUT2D eigenvalue weighted by molar-refractivity contribution is 9.11. The van der Waals surface area contributed by atoms with E-state index < -0.39 is 5.91 Å². The van der Waals surface area contributed by atoms with Crippen LogP contribution in [-0.2, 0) is 4.79 Å². The lowest BCUT2D eigenvalue weighted by atomic mass is 10.1. The zero-order chi connectivity index (χ0) is 19.6. The summed E-state index contributed by atoms with van der Waals surface area (Å²) in [6.07, 6.45) is 0. The Kier molecular flexibility index (Phi) is 5.81. The molecule has 2 N–H and O–H groups in total. The van der Waals surface area contributed by atoms with Crippen LogP contribution in [-0.4, -0.2) is 29.7 Å². The number of aromatic nitrogens is 1. The maximum Gasteiger partial charge on any atom is 0.302 e.